The largest absolute Gasteiger partial charge is 0.450 e. The van der Waals surface area contributed by atoms with Gasteiger partial charge in [0.1, 0.15) is 5.82 Å². The first-order valence-electron chi connectivity index (χ1n) is 7.38. The number of aromatic nitrogens is 1. The minimum Gasteiger partial charge on any atom is -0.450 e. The number of amides is 1. The topological polar surface area (TPSA) is 54.5 Å². The molecule has 0 aliphatic rings. The van der Waals surface area contributed by atoms with E-state index in [2.05, 4.69) is 47.2 Å². The van der Waals surface area contributed by atoms with Crippen molar-refractivity contribution >= 4 is 23.3 Å². The summed E-state index contributed by atoms with van der Waals surface area (Å²) in [7, 11) is 0. The van der Waals surface area contributed by atoms with E-state index >= 15 is 0 Å². The van der Waals surface area contributed by atoms with Crippen LogP contribution in [0.4, 0.5) is 22.0 Å². The van der Waals surface area contributed by atoms with Crippen molar-refractivity contribution in [1.29, 1.82) is 0 Å². The third-order valence-corrected chi connectivity index (χ3v) is 3.18. The van der Waals surface area contributed by atoms with Crippen LogP contribution in [0.1, 0.15) is 19.4 Å². The van der Waals surface area contributed by atoms with E-state index in [0.717, 1.165) is 18.1 Å². The Balaban J connectivity index is 2.15. The molecular formula is C17H21N3O2. The Labute approximate surface area is 130 Å². The Hall–Kier alpha value is -2.56. The van der Waals surface area contributed by atoms with Gasteiger partial charge in [-0.1, -0.05) is 12.1 Å². The molecule has 0 spiro atoms. The number of aryl methyl sites for hydroxylation is 1. The van der Waals surface area contributed by atoms with Crippen LogP contribution in [-0.2, 0) is 4.74 Å². The summed E-state index contributed by atoms with van der Waals surface area (Å²) in [5, 5.41) is 2.63. The highest BCUT2D eigenvalue weighted by Gasteiger charge is 2.09. The lowest BCUT2D eigenvalue weighted by Gasteiger charge is -2.22. The van der Waals surface area contributed by atoms with Crippen molar-refractivity contribution in [3.05, 3.63) is 48.2 Å². The molecular weight excluding hydrogens is 278 g/mol. The summed E-state index contributed by atoms with van der Waals surface area (Å²) in [5.41, 5.74) is 2.92. The second-order valence-electron chi connectivity index (χ2n) is 4.83. The molecule has 2 rings (SSSR count). The van der Waals surface area contributed by atoms with Crippen LogP contribution in [-0.4, -0.2) is 24.2 Å². The molecule has 5 nitrogen and oxygen atoms in total. The summed E-state index contributed by atoms with van der Waals surface area (Å²) >= 11 is 0. The van der Waals surface area contributed by atoms with Gasteiger partial charge in [-0.25, -0.2) is 9.78 Å². The van der Waals surface area contributed by atoms with E-state index in [1.807, 2.05) is 18.2 Å². The first kappa shape index (κ1) is 15.8. The van der Waals surface area contributed by atoms with Gasteiger partial charge in [-0.05, 0) is 50.6 Å². The van der Waals surface area contributed by atoms with Crippen LogP contribution >= 0.6 is 0 Å². The summed E-state index contributed by atoms with van der Waals surface area (Å²) in [4.78, 5) is 17.9. The molecule has 0 bridgehead atoms. The zero-order chi connectivity index (χ0) is 15.9. The van der Waals surface area contributed by atoms with E-state index in [9.17, 15) is 4.79 Å². The van der Waals surface area contributed by atoms with Crippen LogP contribution < -0.4 is 10.2 Å². The number of pyridine rings is 1. The van der Waals surface area contributed by atoms with E-state index in [-0.39, 0.29) is 0 Å². The van der Waals surface area contributed by atoms with Crippen LogP contribution in [0.3, 0.4) is 0 Å². The van der Waals surface area contributed by atoms with E-state index in [1.54, 1.807) is 13.1 Å². The van der Waals surface area contributed by atoms with Crippen LogP contribution in [0, 0.1) is 6.92 Å². The molecule has 2 aromatic rings. The second-order valence-corrected chi connectivity index (χ2v) is 4.83. The van der Waals surface area contributed by atoms with E-state index in [1.165, 1.54) is 5.56 Å². The molecule has 0 unspecified atom stereocenters. The van der Waals surface area contributed by atoms with Crippen molar-refractivity contribution in [1.82, 2.24) is 4.98 Å². The van der Waals surface area contributed by atoms with Gasteiger partial charge < -0.3 is 9.64 Å². The number of nitrogens with zero attached hydrogens (tertiary/aromatic N) is 2. The van der Waals surface area contributed by atoms with Gasteiger partial charge >= 0.3 is 6.09 Å². The number of ether oxygens (including phenoxy) is 1. The lowest BCUT2D eigenvalue weighted by Crippen LogP contribution is -2.18. The lowest BCUT2D eigenvalue weighted by molar-refractivity contribution is 0.168. The van der Waals surface area contributed by atoms with E-state index < -0.39 is 6.09 Å². The number of anilines is 3. The summed E-state index contributed by atoms with van der Waals surface area (Å²) < 4.78 is 4.84. The molecule has 0 fully saturated rings. The van der Waals surface area contributed by atoms with E-state index in [4.69, 9.17) is 4.74 Å². The van der Waals surface area contributed by atoms with Crippen molar-refractivity contribution < 1.29 is 9.53 Å². The highest BCUT2D eigenvalue weighted by atomic mass is 16.5. The first-order chi connectivity index (χ1) is 10.6. The maximum absolute atomic E-state index is 11.4. The maximum Gasteiger partial charge on any atom is 0.411 e. The van der Waals surface area contributed by atoms with Crippen LogP contribution in [0.25, 0.3) is 0 Å². The Morgan fingerprint density at radius 2 is 2.09 bits per heavy atom. The Kier molecular flexibility index (Phi) is 5.36. The molecule has 1 amide bonds. The fourth-order valence-corrected chi connectivity index (χ4v) is 2.18. The zero-order valence-corrected chi connectivity index (χ0v) is 13.2. The zero-order valence-electron chi connectivity index (χ0n) is 13.2. The number of hydrogen-bond acceptors (Lipinski definition) is 4. The van der Waals surface area contributed by atoms with Gasteiger partial charge in [-0.15, -0.1) is 0 Å². The monoisotopic (exact) mass is 299 g/mol. The molecule has 1 N–H and O–H groups in total. The van der Waals surface area contributed by atoms with Gasteiger partial charge in [-0.2, -0.15) is 0 Å². The summed E-state index contributed by atoms with van der Waals surface area (Å²) in [6, 6.07) is 12.0. The minimum atomic E-state index is -0.469. The molecule has 116 valence electrons. The predicted molar refractivity (Wildman–Crippen MR) is 88.7 cm³/mol. The first-order valence-corrected chi connectivity index (χ1v) is 7.38. The fourth-order valence-electron chi connectivity index (χ4n) is 2.18. The van der Waals surface area contributed by atoms with Crippen LogP contribution in [0.2, 0.25) is 0 Å². The molecule has 0 aliphatic carbocycles. The quantitative estimate of drug-likeness (QED) is 0.902. The molecule has 0 radical (unpaired) electrons. The number of nitrogens with one attached hydrogen (secondary N) is 1. The van der Waals surface area contributed by atoms with Gasteiger partial charge in [0.05, 0.1) is 18.5 Å². The number of hydrogen-bond donors (Lipinski definition) is 1. The standard InChI is InChI=1S/C17H21N3O2/c1-4-20(15-8-6-7-13(3)11-15)16-10-9-14(12-18-16)19-17(21)22-5-2/h6-12H,4-5H2,1-3H3,(H,19,21). The molecule has 1 aromatic carbocycles. The Morgan fingerprint density at radius 1 is 1.27 bits per heavy atom. The Morgan fingerprint density at radius 3 is 2.68 bits per heavy atom. The van der Waals surface area contributed by atoms with Gasteiger partial charge in [0.2, 0.25) is 0 Å². The Bertz CT molecular complexity index is 626. The second kappa shape index (κ2) is 7.45. The molecule has 0 saturated heterocycles. The molecule has 22 heavy (non-hydrogen) atoms. The highest BCUT2D eigenvalue weighted by Crippen LogP contribution is 2.24. The summed E-state index contributed by atoms with van der Waals surface area (Å²) in [6.07, 6.45) is 1.16. The summed E-state index contributed by atoms with van der Waals surface area (Å²) in [6.45, 7) is 7.06. The normalized spacial score (nSPS) is 10.1. The van der Waals surface area contributed by atoms with Crippen LogP contribution in [0.15, 0.2) is 42.6 Å². The lowest BCUT2D eigenvalue weighted by atomic mass is 10.2. The van der Waals surface area contributed by atoms with Crippen LogP contribution in [0.5, 0.6) is 0 Å². The van der Waals surface area contributed by atoms with Crippen molar-refractivity contribution in [2.45, 2.75) is 20.8 Å². The SMILES string of the molecule is CCOC(=O)Nc1ccc(N(CC)c2cccc(C)c2)nc1. The van der Waals surface area contributed by atoms with E-state index in [0.29, 0.717) is 12.3 Å². The minimum absolute atomic E-state index is 0.342. The van der Waals surface area contributed by atoms with Gasteiger partial charge in [0.15, 0.2) is 0 Å². The molecule has 0 saturated carbocycles. The molecule has 0 atom stereocenters. The molecule has 1 heterocycles. The molecule has 0 aliphatic heterocycles. The van der Waals surface area contributed by atoms with Crippen molar-refractivity contribution in [2.75, 3.05) is 23.4 Å². The average molecular weight is 299 g/mol. The molecule has 1 aromatic heterocycles. The van der Waals surface area contributed by atoms with Crippen molar-refractivity contribution in [3.63, 3.8) is 0 Å². The predicted octanol–water partition coefficient (Wildman–Crippen LogP) is 4.12. The third-order valence-electron chi connectivity index (χ3n) is 3.18. The molecule has 5 heteroatoms. The number of carbonyl (C=O) groups is 1. The summed E-state index contributed by atoms with van der Waals surface area (Å²) in [5.74, 6) is 0.836. The highest BCUT2D eigenvalue weighted by molar-refractivity contribution is 5.84. The number of benzene rings is 1. The number of rotatable bonds is 5. The maximum atomic E-state index is 11.4. The number of carbonyl (C=O) groups excluding carboxylic acids is 1. The van der Waals surface area contributed by atoms with Gasteiger partial charge in [0, 0.05) is 12.2 Å². The fraction of sp³-hybridized carbons (Fsp3) is 0.294. The van der Waals surface area contributed by atoms with Crippen molar-refractivity contribution in [2.24, 2.45) is 0 Å². The van der Waals surface area contributed by atoms with Crippen molar-refractivity contribution in [3.8, 4) is 0 Å². The van der Waals surface area contributed by atoms with Gasteiger partial charge in [0.25, 0.3) is 0 Å². The smallest absolute Gasteiger partial charge is 0.411 e. The average Bonchev–Trinajstić information content (AvgIpc) is 2.50. The van der Waals surface area contributed by atoms with Gasteiger partial charge in [-0.3, -0.25) is 5.32 Å². The third kappa shape index (κ3) is 3.97.